The maximum absolute atomic E-state index is 7.35. The first-order valence-corrected chi connectivity index (χ1v) is 3.75. The van der Waals surface area contributed by atoms with Crippen LogP contribution in [-0.4, -0.2) is 5.84 Å². The van der Waals surface area contributed by atoms with Crippen LogP contribution in [0.1, 0.15) is 20.3 Å². The molecule has 12 heavy (non-hydrogen) atoms. The van der Waals surface area contributed by atoms with Gasteiger partial charge in [0.25, 0.3) is 0 Å². The lowest BCUT2D eigenvalue weighted by Crippen LogP contribution is -2.32. The van der Waals surface area contributed by atoms with Gasteiger partial charge in [0.2, 0.25) is 0 Å². The van der Waals surface area contributed by atoms with Crippen LogP contribution in [0.2, 0.25) is 0 Å². The molecule has 2 nitrogen and oxygen atoms in total. The Balaban J connectivity index is 0.00000121. The summed E-state index contributed by atoms with van der Waals surface area (Å²) in [5, 5.41) is 7.35. The van der Waals surface area contributed by atoms with Gasteiger partial charge in [-0.15, -0.1) is 12.4 Å². The molecule has 1 atom stereocenters. The molecule has 1 unspecified atom stereocenters. The molecule has 0 radical (unpaired) electrons. The summed E-state index contributed by atoms with van der Waals surface area (Å²) >= 11 is 0. The zero-order valence-electron chi connectivity index (χ0n) is 7.42. The fourth-order valence-electron chi connectivity index (χ4n) is 1.02. The van der Waals surface area contributed by atoms with E-state index in [-0.39, 0.29) is 23.7 Å². The van der Waals surface area contributed by atoms with E-state index >= 15 is 0 Å². The molecule has 0 aromatic carbocycles. The van der Waals surface area contributed by atoms with Crippen molar-refractivity contribution in [3.8, 4) is 0 Å². The summed E-state index contributed by atoms with van der Waals surface area (Å²) in [7, 11) is 0. The van der Waals surface area contributed by atoms with Crippen molar-refractivity contribution >= 4 is 18.2 Å². The van der Waals surface area contributed by atoms with Crippen LogP contribution < -0.4 is 5.73 Å². The minimum atomic E-state index is -0.237. The van der Waals surface area contributed by atoms with Gasteiger partial charge in [-0.25, -0.2) is 0 Å². The van der Waals surface area contributed by atoms with Gasteiger partial charge in [-0.1, -0.05) is 23.8 Å². The second-order valence-corrected chi connectivity index (χ2v) is 3.32. The summed E-state index contributed by atoms with van der Waals surface area (Å²) in [6.45, 7) is 4.03. The van der Waals surface area contributed by atoms with Crippen molar-refractivity contribution in [3.05, 3.63) is 23.8 Å². The second kappa shape index (κ2) is 3.76. The summed E-state index contributed by atoms with van der Waals surface area (Å²) in [5.74, 6) is 0.248. The number of rotatable bonds is 1. The van der Waals surface area contributed by atoms with Crippen molar-refractivity contribution in [2.45, 2.75) is 20.3 Å². The number of allylic oxidation sites excluding steroid dienone is 3. The predicted octanol–water partition coefficient (Wildman–Crippen LogP) is 2.26. The normalized spacial score (nSPS) is 27.3. The summed E-state index contributed by atoms with van der Waals surface area (Å²) < 4.78 is 0. The predicted molar refractivity (Wildman–Crippen MR) is 54.8 cm³/mol. The molecule has 0 bridgehead atoms. The molecule has 0 heterocycles. The highest BCUT2D eigenvalue weighted by Crippen LogP contribution is 2.28. The molecule has 0 saturated heterocycles. The molecule has 1 aliphatic rings. The first-order valence-electron chi connectivity index (χ1n) is 3.75. The number of amidine groups is 1. The quantitative estimate of drug-likeness (QED) is 0.479. The third-order valence-electron chi connectivity index (χ3n) is 2.18. The van der Waals surface area contributed by atoms with Gasteiger partial charge >= 0.3 is 0 Å². The van der Waals surface area contributed by atoms with Crippen LogP contribution >= 0.6 is 12.4 Å². The van der Waals surface area contributed by atoms with Crippen LogP contribution in [0.5, 0.6) is 0 Å². The number of nitrogens with two attached hydrogens (primary N) is 1. The molecule has 0 aliphatic heterocycles. The zero-order chi connectivity index (χ0) is 8.48. The van der Waals surface area contributed by atoms with E-state index in [2.05, 4.69) is 13.0 Å². The van der Waals surface area contributed by atoms with Gasteiger partial charge in [0.15, 0.2) is 0 Å². The lowest BCUT2D eigenvalue weighted by atomic mass is 9.81. The SMILES string of the molecule is CC1=CCC(C)(C(=N)N)C=C1.Cl. The largest absolute Gasteiger partial charge is 0.387 e. The van der Waals surface area contributed by atoms with Crippen LogP contribution in [0, 0.1) is 10.8 Å². The Morgan fingerprint density at radius 1 is 1.67 bits per heavy atom. The van der Waals surface area contributed by atoms with Gasteiger partial charge in [-0.2, -0.15) is 0 Å². The zero-order valence-corrected chi connectivity index (χ0v) is 8.24. The van der Waals surface area contributed by atoms with Crippen molar-refractivity contribution in [1.82, 2.24) is 0 Å². The number of hydrogen-bond donors (Lipinski definition) is 2. The maximum Gasteiger partial charge on any atom is 0.101 e. The van der Waals surface area contributed by atoms with E-state index in [1.54, 1.807) is 0 Å². The minimum Gasteiger partial charge on any atom is -0.387 e. The van der Waals surface area contributed by atoms with Crippen molar-refractivity contribution in [3.63, 3.8) is 0 Å². The second-order valence-electron chi connectivity index (χ2n) is 3.32. The summed E-state index contributed by atoms with van der Waals surface area (Å²) in [4.78, 5) is 0. The number of halogens is 1. The Hall–Kier alpha value is -0.760. The van der Waals surface area contributed by atoms with Crippen LogP contribution in [0.25, 0.3) is 0 Å². The van der Waals surface area contributed by atoms with E-state index in [9.17, 15) is 0 Å². The van der Waals surface area contributed by atoms with E-state index in [0.717, 1.165) is 6.42 Å². The van der Waals surface area contributed by atoms with E-state index in [0.29, 0.717) is 0 Å². The molecule has 3 heteroatoms. The Bertz CT molecular complexity index is 243. The lowest BCUT2D eigenvalue weighted by molar-refractivity contribution is 0.588. The number of hydrogen-bond acceptors (Lipinski definition) is 1. The molecule has 68 valence electrons. The van der Waals surface area contributed by atoms with E-state index in [4.69, 9.17) is 11.1 Å². The highest BCUT2D eigenvalue weighted by Gasteiger charge is 2.24. The molecule has 0 saturated carbocycles. The monoisotopic (exact) mass is 186 g/mol. The Morgan fingerprint density at radius 3 is 2.58 bits per heavy atom. The van der Waals surface area contributed by atoms with Crippen LogP contribution in [0.15, 0.2) is 23.8 Å². The topological polar surface area (TPSA) is 49.9 Å². The maximum atomic E-state index is 7.35. The molecular weight excluding hydrogens is 172 g/mol. The lowest BCUT2D eigenvalue weighted by Gasteiger charge is -2.25. The van der Waals surface area contributed by atoms with Gasteiger partial charge in [0.05, 0.1) is 0 Å². The third kappa shape index (κ3) is 2.11. The van der Waals surface area contributed by atoms with E-state index in [1.165, 1.54) is 5.57 Å². The van der Waals surface area contributed by atoms with Crippen LogP contribution in [-0.2, 0) is 0 Å². The Kier molecular flexibility index (Phi) is 3.53. The van der Waals surface area contributed by atoms with Gasteiger partial charge in [-0.3, -0.25) is 5.41 Å². The highest BCUT2D eigenvalue weighted by atomic mass is 35.5. The summed E-state index contributed by atoms with van der Waals surface area (Å²) in [6, 6.07) is 0. The molecule has 1 aliphatic carbocycles. The Morgan fingerprint density at radius 2 is 2.25 bits per heavy atom. The average molecular weight is 187 g/mol. The van der Waals surface area contributed by atoms with Crippen molar-refractivity contribution in [1.29, 1.82) is 5.41 Å². The molecule has 1 rings (SSSR count). The number of nitrogens with one attached hydrogen (secondary N) is 1. The molecule has 0 spiro atoms. The van der Waals surface area contributed by atoms with Crippen molar-refractivity contribution in [2.24, 2.45) is 11.1 Å². The Labute approximate surface area is 79.5 Å². The van der Waals surface area contributed by atoms with Crippen molar-refractivity contribution < 1.29 is 0 Å². The standard InChI is InChI=1S/C9H14N2.ClH/c1-7-3-5-9(2,6-4-7)8(10)11;/h3-5H,6H2,1-2H3,(H3,10,11);1H. The highest BCUT2D eigenvalue weighted by molar-refractivity contribution is 5.86. The average Bonchev–Trinajstić information content (AvgIpc) is 1.95. The third-order valence-corrected chi connectivity index (χ3v) is 2.18. The molecule has 3 N–H and O–H groups in total. The van der Waals surface area contributed by atoms with Gasteiger partial charge in [0.1, 0.15) is 5.84 Å². The van der Waals surface area contributed by atoms with Gasteiger partial charge in [-0.05, 0) is 20.3 Å². The van der Waals surface area contributed by atoms with Gasteiger partial charge in [0, 0.05) is 5.41 Å². The minimum absolute atomic E-state index is 0. The first kappa shape index (κ1) is 11.2. The molecule has 0 aromatic rings. The molecular formula is C9H15ClN2. The summed E-state index contributed by atoms with van der Waals surface area (Å²) in [5.41, 5.74) is 6.47. The van der Waals surface area contributed by atoms with Crippen LogP contribution in [0.4, 0.5) is 0 Å². The fourth-order valence-corrected chi connectivity index (χ4v) is 1.02. The first-order chi connectivity index (χ1) is 5.04. The van der Waals surface area contributed by atoms with Crippen LogP contribution in [0.3, 0.4) is 0 Å². The van der Waals surface area contributed by atoms with E-state index < -0.39 is 0 Å². The molecule has 0 aromatic heterocycles. The smallest absolute Gasteiger partial charge is 0.101 e. The van der Waals surface area contributed by atoms with Gasteiger partial charge < -0.3 is 5.73 Å². The fraction of sp³-hybridized carbons (Fsp3) is 0.444. The molecule has 0 amide bonds. The van der Waals surface area contributed by atoms with Crippen molar-refractivity contribution in [2.75, 3.05) is 0 Å². The summed E-state index contributed by atoms with van der Waals surface area (Å²) in [6.07, 6.45) is 6.99. The molecule has 0 fully saturated rings. The van der Waals surface area contributed by atoms with E-state index in [1.807, 2.05) is 19.1 Å².